The third-order valence-electron chi connectivity index (χ3n) is 3.87. The van der Waals surface area contributed by atoms with Gasteiger partial charge in [-0.2, -0.15) is 0 Å². The number of hydrogen-bond donors (Lipinski definition) is 2. The number of para-hydroxylation sites is 1. The molecule has 3 aromatic carbocycles. The van der Waals surface area contributed by atoms with Gasteiger partial charge in [0.2, 0.25) is 5.91 Å². The molecule has 6 heteroatoms. The van der Waals surface area contributed by atoms with Crippen LogP contribution in [0.5, 0.6) is 11.5 Å². The van der Waals surface area contributed by atoms with E-state index in [1.54, 1.807) is 48.5 Å². The molecular formula is C22H19ClN2O3. The van der Waals surface area contributed by atoms with Crippen LogP contribution in [-0.4, -0.2) is 18.4 Å². The van der Waals surface area contributed by atoms with Gasteiger partial charge in [-0.25, -0.2) is 0 Å². The van der Waals surface area contributed by atoms with E-state index < -0.39 is 0 Å². The summed E-state index contributed by atoms with van der Waals surface area (Å²) in [6, 6.07) is 23.3. The van der Waals surface area contributed by atoms with Crippen molar-refractivity contribution in [3.63, 3.8) is 0 Å². The van der Waals surface area contributed by atoms with Gasteiger partial charge in [-0.3, -0.25) is 9.59 Å². The van der Waals surface area contributed by atoms with E-state index in [2.05, 4.69) is 10.6 Å². The van der Waals surface area contributed by atoms with Gasteiger partial charge in [-0.05, 0) is 48.5 Å². The van der Waals surface area contributed by atoms with Gasteiger partial charge < -0.3 is 15.4 Å². The maximum absolute atomic E-state index is 12.1. The second-order valence-corrected chi connectivity index (χ2v) is 6.38. The van der Waals surface area contributed by atoms with Gasteiger partial charge >= 0.3 is 0 Å². The average molecular weight is 395 g/mol. The molecule has 3 aromatic rings. The topological polar surface area (TPSA) is 67.4 Å². The first-order valence-corrected chi connectivity index (χ1v) is 9.15. The van der Waals surface area contributed by atoms with Crippen molar-refractivity contribution in [1.82, 2.24) is 5.32 Å². The zero-order valence-corrected chi connectivity index (χ0v) is 15.8. The molecule has 0 fully saturated rings. The van der Waals surface area contributed by atoms with E-state index in [-0.39, 0.29) is 24.8 Å². The second kappa shape index (κ2) is 9.58. The Morgan fingerprint density at radius 1 is 0.821 bits per heavy atom. The van der Waals surface area contributed by atoms with Crippen LogP contribution in [0.3, 0.4) is 0 Å². The van der Waals surface area contributed by atoms with E-state index in [0.29, 0.717) is 22.0 Å². The highest BCUT2D eigenvalue weighted by Crippen LogP contribution is 2.22. The predicted octanol–water partition coefficient (Wildman–Crippen LogP) is 4.89. The quantitative estimate of drug-likeness (QED) is 0.599. The summed E-state index contributed by atoms with van der Waals surface area (Å²) >= 11 is 5.98. The Morgan fingerprint density at radius 3 is 2.18 bits per heavy atom. The van der Waals surface area contributed by atoms with Crippen LogP contribution < -0.4 is 15.4 Å². The Kier molecular flexibility index (Phi) is 6.65. The molecule has 0 radical (unpaired) electrons. The summed E-state index contributed by atoms with van der Waals surface area (Å²) in [5.74, 6) is 0.918. The van der Waals surface area contributed by atoms with E-state index >= 15 is 0 Å². The van der Waals surface area contributed by atoms with Crippen LogP contribution in [0.15, 0.2) is 78.9 Å². The van der Waals surface area contributed by atoms with Gasteiger partial charge in [0, 0.05) is 18.7 Å². The summed E-state index contributed by atoms with van der Waals surface area (Å²) in [7, 11) is 0. The van der Waals surface area contributed by atoms with Crippen LogP contribution in [0, 0.1) is 0 Å². The number of anilines is 1. The SMILES string of the molecule is O=C(CCNC(=O)c1ccccc1Cl)Nc1ccc(Oc2ccccc2)cc1. The minimum Gasteiger partial charge on any atom is -0.457 e. The van der Waals surface area contributed by atoms with Crippen molar-refractivity contribution in [2.45, 2.75) is 6.42 Å². The first-order valence-electron chi connectivity index (χ1n) is 8.77. The van der Waals surface area contributed by atoms with E-state index in [0.717, 1.165) is 5.75 Å². The molecule has 142 valence electrons. The second-order valence-electron chi connectivity index (χ2n) is 5.97. The summed E-state index contributed by atoms with van der Waals surface area (Å²) in [6.07, 6.45) is 0.151. The third-order valence-corrected chi connectivity index (χ3v) is 4.20. The predicted molar refractivity (Wildman–Crippen MR) is 110 cm³/mol. The molecule has 0 saturated heterocycles. The van der Waals surface area contributed by atoms with Crippen molar-refractivity contribution in [1.29, 1.82) is 0 Å². The minimum atomic E-state index is -0.305. The fourth-order valence-corrected chi connectivity index (χ4v) is 2.71. The first kappa shape index (κ1) is 19.5. The fraction of sp³-hybridized carbons (Fsp3) is 0.0909. The van der Waals surface area contributed by atoms with Crippen LogP contribution in [0.2, 0.25) is 5.02 Å². The standard InChI is InChI=1S/C22H19ClN2O3/c23-20-9-5-4-8-19(20)22(27)24-15-14-21(26)25-16-10-12-18(13-11-16)28-17-6-2-1-3-7-17/h1-13H,14-15H2,(H,24,27)(H,25,26). The van der Waals surface area contributed by atoms with Crippen LogP contribution >= 0.6 is 11.6 Å². The van der Waals surface area contributed by atoms with E-state index in [9.17, 15) is 9.59 Å². The summed E-state index contributed by atoms with van der Waals surface area (Å²) in [4.78, 5) is 24.1. The summed E-state index contributed by atoms with van der Waals surface area (Å²) < 4.78 is 5.71. The molecule has 0 aliphatic heterocycles. The van der Waals surface area contributed by atoms with Crippen LogP contribution in [0.4, 0.5) is 5.69 Å². The van der Waals surface area contributed by atoms with Crippen LogP contribution in [0.1, 0.15) is 16.8 Å². The van der Waals surface area contributed by atoms with Crippen molar-refractivity contribution in [2.24, 2.45) is 0 Å². The molecule has 0 spiro atoms. The maximum Gasteiger partial charge on any atom is 0.252 e. The number of benzene rings is 3. The molecule has 5 nitrogen and oxygen atoms in total. The number of halogens is 1. The van der Waals surface area contributed by atoms with Crippen molar-refractivity contribution in [3.05, 3.63) is 89.4 Å². The molecule has 2 N–H and O–H groups in total. The molecule has 0 heterocycles. The highest BCUT2D eigenvalue weighted by Gasteiger charge is 2.10. The highest BCUT2D eigenvalue weighted by atomic mass is 35.5. The molecule has 0 aromatic heterocycles. The number of ether oxygens (including phenoxy) is 1. The number of hydrogen-bond acceptors (Lipinski definition) is 3. The number of amides is 2. The van der Waals surface area contributed by atoms with Crippen LogP contribution in [0.25, 0.3) is 0 Å². The third kappa shape index (κ3) is 5.59. The Bertz CT molecular complexity index is 944. The van der Waals surface area contributed by atoms with E-state index in [4.69, 9.17) is 16.3 Å². The van der Waals surface area contributed by atoms with E-state index in [1.165, 1.54) is 0 Å². The molecule has 3 rings (SSSR count). The number of carbonyl (C=O) groups excluding carboxylic acids is 2. The molecule has 0 aliphatic carbocycles. The Balaban J connectivity index is 1.44. The molecule has 2 amide bonds. The minimum absolute atomic E-state index is 0.151. The molecule has 0 bridgehead atoms. The number of rotatable bonds is 7. The Labute approximate surface area is 168 Å². The van der Waals surface area contributed by atoms with Crippen molar-refractivity contribution >= 4 is 29.1 Å². The normalized spacial score (nSPS) is 10.2. The van der Waals surface area contributed by atoms with Gasteiger partial charge in [-0.15, -0.1) is 0 Å². The molecule has 0 saturated carbocycles. The van der Waals surface area contributed by atoms with Gasteiger partial charge in [-0.1, -0.05) is 41.9 Å². The zero-order valence-electron chi connectivity index (χ0n) is 15.0. The van der Waals surface area contributed by atoms with E-state index in [1.807, 2.05) is 30.3 Å². The van der Waals surface area contributed by atoms with Crippen LogP contribution in [-0.2, 0) is 4.79 Å². The smallest absolute Gasteiger partial charge is 0.252 e. The van der Waals surface area contributed by atoms with Gasteiger partial charge in [0.05, 0.1) is 10.6 Å². The monoisotopic (exact) mass is 394 g/mol. The first-order chi connectivity index (χ1) is 13.6. The number of carbonyl (C=O) groups is 2. The molecule has 0 unspecified atom stereocenters. The largest absolute Gasteiger partial charge is 0.457 e. The van der Waals surface area contributed by atoms with Gasteiger partial charge in [0.15, 0.2) is 0 Å². The summed E-state index contributed by atoms with van der Waals surface area (Å²) in [6.45, 7) is 0.213. The lowest BCUT2D eigenvalue weighted by molar-refractivity contribution is -0.116. The van der Waals surface area contributed by atoms with Gasteiger partial charge in [0.1, 0.15) is 11.5 Å². The summed E-state index contributed by atoms with van der Waals surface area (Å²) in [5.41, 5.74) is 1.04. The lowest BCUT2D eigenvalue weighted by atomic mass is 10.2. The van der Waals surface area contributed by atoms with Crippen molar-refractivity contribution in [3.8, 4) is 11.5 Å². The summed E-state index contributed by atoms with van der Waals surface area (Å²) in [5, 5.41) is 5.85. The number of nitrogens with one attached hydrogen (secondary N) is 2. The molecule has 28 heavy (non-hydrogen) atoms. The Hall–Kier alpha value is -3.31. The molecule has 0 aliphatic rings. The molecular weight excluding hydrogens is 376 g/mol. The van der Waals surface area contributed by atoms with Crippen molar-refractivity contribution < 1.29 is 14.3 Å². The lowest BCUT2D eigenvalue weighted by Crippen LogP contribution is -2.27. The fourth-order valence-electron chi connectivity index (χ4n) is 2.48. The molecule has 0 atom stereocenters. The lowest BCUT2D eigenvalue weighted by Gasteiger charge is -2.09. The maximum atomic E-state index is 12.1. The Morgan fingerprint density at radius 2 is 1.46 bits per heavy atom. The average Bonchev–Trinajstić information content (AvgIpc) is 2.70. The van der Waals surface area contributed by atoms with Crippen molar-refractivity contribution in [2.75, 3.05) is 11.9 Å². The highest BCUT2D eigenvalue weighted by molar-refractivity contribution is 6.33. The van der Waals surface area contributed by atoms with Gasteiger partial charge in [0.25, 0.3) is 5.91 Å². The zero-order chi connectivity index (χ0) is 19.8.